The lowest BCUT2D eigenvalue weighted by molar-refractivity contribution is 0.101. The van der Waals surface area contributed by atoms with Crippen molar-refractivity contribution in [1.29, 1.82) is 0 Å². The molecule has 2 aromatic heterocycles. The lowest BCUT2D eigenvalue weighted by Gasteiger charge is -2.10. The van der Waals surface area contributed by atoms with Gasteiger partial charge in [0.05, 0.1) is 23.8 Å². The van der Waals surface area contributed by atoms with Gasteiger partial charge in [-0.05, 0) is 6.07 Å². The molecule has 3 rings (SSSR count). The predicted molar refractivity (Wildman–Crippen MR) is 93.0 cm³/mol. The molecule has 0 aliphatic carbocycles. The molecule has 122 valence electrons. The fourth-order valence-corrected chi connectivity index (χ4v) is 2.24. The van der Waals surface area contributed by atoms with Gasteiger partial charge in [0.15, 0.2) is 0 Å². The topological polar surface area (TPSA) is 75.9 Å². The molecule has 1 N–H and O–H groups in total. The summed E-state index contributed by atoms with van der Waals surface area (Å²) in [6.45, 7) is 0. The van der Waals surface area contributed by atoms with Gasteiger partial charge in [-0.2, -0.15) is 5.10 Å². The second kappa shape index (κ2) is 6.49. The normalized spacial score (nSPS) is 10.5. The second-order valence-corrected chi connectivity index (χ2v) is 5.52. The van der Waals surface area contributed by atoms with Crippen LogP contribution in [0, 0.1) is 0 Å². The molecule has 3 aromatic rings. The van der Waals surface area contributed by atoms with Crippen molar-refractivity contribution in [1.82, 2.24) is 19.7 Å². The van der Waals surface area contributed by atoms with Crippen LogP contribution in [0.1, 0.15) is 10.5 Å². The molecule has 0 fully saturated rings. The molecular weight excluding hydrogens is 304 g/mol. The molecule has 0 saturated carbocycles. The summed E-state index contributed by atoms with van der Waals surface area (Å²) in [5, 5.41) is 7.19. The lowest BCUT2D eigenvalue weighted by Crippen LogP contribution is -2.17. The zero-order valence-corrected chi connectivity index (χ0v) is 13.8. The molecule has 1 amide bonds. The number of amides is 1. The van der Waals surface area contributed by atoms with Gasteiger partial charge in [0, 0.05) is 26.7 Å². The van der Waals surface area contributed by atoms with Crippen molar-refractivity contribution >= 4 is 17.5 Å². The first-order chi connectivity index (χ1) is 11.5. The molecular formula is C17H18N6O. The Balaban J connectivity index is 1.79. The summed E-state index contributed by atoms with van der Waals surface area (Å²) in [5.74, 6) is 0.327. The zero-order valence-electron chi connectivity index (χ0n) is 13.8. The van der Waals surface area contributed by atoms with Gasteiger partial charge in [0.25, 0.3) is 5.91 Å². The maximum atomic E-state index is 12.5. The van der Waals surface area contributed by atoms with Crippen LogP contribution in [0.5, 0.6) is 0 Å². The molecule has 2 heterocycles. The maximum Gasteiger partial charge on any atom is 0.274 e. The van der Waals surface area contributed by atoms with E-state index in [2.05, 4.69) is 20.4 Å². The highest BCUT2D eigenvalue weighted by molar-refractivity contribution is 6.03. The number of carbonyl (C=O) groups is 1. The molecule has 0 spiro atoms. The first kappa shape index (κ1) is 15.7. The number of benzene rings is 1. The molecule has 24 heavy (non-hydrogen) atoms. The molecule has 7 nitrogen and oxygen atoms in total. The number of anilines is 2. The summed E-state index contributed by atoms with van der Waals surface area (Å²) < 4.78 is 1.56. The third kappa shape index (κ3) is 3.24. The minimum Gasteiger partial charge on any atom is -0.347 e. The Kier molecular flexibility index (Phi) is 4.24. The van der Waals surface area contributed by atoms with E-state index in [1.807, 2.05) is 44.4 Å². The SMILES string of the molecule is CN(C)c1ncc(NC(=O)c2cc(-c3ccccc3)nn2C)cn1. The zero-order chi connectivity index (χ0) is 17.1. The van der Waals surface area contributed by atoms with Crippen LogP contribution in [0.25, 0.3) is 11.3 Å². The first-order valence-corrected chi connectivity index (χ1v) is 7.45. The van der Waals surface area contributed by atoms with Gasteiger partial charge in [-0.3, -0.25) is 9.48 Å². The highest BCUT2D eigenvalue weighted by Gasteiger charge is 2.15. The fraction of sp³-hybridized carbons (Fsp3) is 0.176. The number of rotatable bonds is 4. The van der Waals surface area contributed by atoms with Gasteiger partial charge in [0.1, 0.15) is 5.69 Å². The third-order valence-electron chi connectivity index (χ3n) is 3.48. The Bertz CT molecular complexity index is 839. The lowest BCUT2D eigenvalue weighted by atomic mass is 10.1. The number of aryl methyl sites for hydroxylation is 1. The Morgan fingerprint density at radius 1 is 1.12 bits per heavy atom. The quantitative estimate of drug-likeness (QED) is 0.797. The Morgan fingerprint density at radius 3 is 2.42 bits per heavy atom. The van der Waals surface area contributed by atoms with Crippen molar-refractivity contribution in [2.45, 2.75) is 0 Å². The van der Waals surface area contributed by atoms with Crippen molar-refractivity contribution in [2.75, 3.05) is 24.3 Å². The third-order valence-corrected chi connectivity index (χ3v) is 3.48. The minimum absolute atomic E-state index is 0.256. The number of hydrogen-bond donors (Lipinski definition) is 1. The standard InChI is InChI=1S/C17H18N6O/c1-22(2)17-18-10-13(11-19-17)20-16(24)15-9-14(21-23(15)3)12-7-5-4-6-8-12/h4-11H,1-3H3,(H,20,24). The van der Waals surface area contributed by atoms with E-state index >= 15 is 0 Å². The van der Waals surface area contributed by atoms with Gasteiger partial charge in [-0.1, -0.05) is 30.3 Å². The second-order valence-electron chi connectivity index (χ2n) is 5.52. The summed E-state index contributed by atoms with van der Waals surface area (Å²) in [5.41, 5.74) is 2.71. The van der Waals surface area contributed by atoms with E-state index in [1.54, 1.807) is 35.1 Å². The van der Waals surface area contributed by atoms with Crippen LogP contribution in [-0.2, 0) is 7.05 Å². The van der Waals surface area contributed by atoms with Gasteiger partial charge in [-0.25, -0.2) is 9.97 Å². The van der Waals surface area contributed by atoms with E-state index in [0.717, 1.165) is 11.3 Å². The van der Waals surface area contributed by atoms with Gasteiger partial charge in [0.2, 0.25) is 5.95 Å². The number of aromatic nitrogens is 4. The molecule has 0 bridgehead atoms. The van der Waals surface area contributed by atoms with E-state index in [-0.39, 0.29) is 5.91 Å². The highest BCUT2D eigenvalue weighted by Crippen LogP contribution is 2.19. The summed E-state index contributed by atoms with van der Waals surface area (Å²) in [4.78, 5) is 22.6. The summed E-state index contributed by atoms with van der Waals surface area (Å²) in [6.07, 6.45) is 3.16. The van der Waals surface area contributed by atoms with Crippen LogP contribution in [0.2, 0.25) is 0 Å². The molecule has 1 aromatic carbocycles. The summed E-state index contributed by atoms with van der Waals surface area (Å²) >= 11 is 0. The Labute approximate surface area is 140 Å². The number of hydrogen-bond acceptors (Lipinski definition) is 5. The van der Waals surface area contributed by atoms with Crippen LogP contribution in [0.4, 0.5) is 11.6 Å². The van der Waals surface area contributed by atoms with Crippen molar-refractivity contribution in [3.8, 4) is 11.3 Å². The Hall–Kier alpha value is -3.22. The number of nitrogens with one attached hydrogen (secondary N) is 1. The van der Waals surface area contributed by atoms with E-state index in [1.165, 1.54) is 0 Å². The summed E-state index contributed by atoms with van der Waals surface area (Å²) in [7, 11) is 5.45. The molecule has 0 saturated heterocycles. The van der Waals surface area contributed by atoms with Crippen LogP contribution in [0.3, 0.4) is 0 Å². The van der Waals surface area contributed by atoms with Crippen molar-refractivity contribution < 1.29 is 4.79 Å². The Morgan fingerprint density at radius 2 is 1.79 bits per heavy atom. The molecule has 0 unspecified atom stereocenters. The highest BCUT2D eigenvalue weighted by atomic mass is 16.2. The average Bonchev–Trinajstić information content (AvgIpc) is 2.98. The molecule has 0 aliphatic rings. The van der Waals surface area contributed by atoms with Crippen LogP contribution >= 0.6 is 0 Å². The number of carbonyl (C=O) groups excluding carboxylic acids is 1. The maximum absolute atomic E-state index is 12.5. The first-order valence-electron chi connectivity index (χ1n) is 7.45. The average molecular weight is 322 g/mol. The fourth-order valence-electron chi connectivity index (χ4n) is 2.24. The van der Waals surface area contributed by atoms with Gasteiger partial charge >= 0.3 is 0 Å². The molecule has 0 aliphatic heterocycles. The monoisotopic (exact) mass is 322 g/mol. The molecule has 0 atom stereocenters. The van der Waals surface area contributed by atoms with Crippen molar-refractivity contribution in [3.63, 3.8) is 0 Å². The van der Waals surface area contributed by atoms with E-state index in [4.69, 9.17) is 0 Å². The predicted octanol–water partition coefficient (Wildman–Crippen LogP) is 2.20. The van der Waals surface area contributed by atoms with Crippen molar-refractivity contribution in [2.24, 2.45) is 7.05 Å². The van der Waals surface area contributed by atoms with Gasteiger partial charge < -0.3 is 10.2 Å². The van der Waals surface area contributed by atoms with E-state index < -0.39 is 0 Å². The minimum atomic E-state index is -0.256. The van der Waals surface area contributed by atoms with Crippen molar-refractivity contribution in [3.05, 3.63) is 54.5 Å². The number of nitrogens with zero attached hydrogens (tertiary/aromatic N) is 5. The molecule has 7 heteroatoms. The molecule has 0 radical (unpaired) electrons. The van der Waals surface area contributed by atoms with Gasteiger partial charge in [-0.15, -0.1) is 0 Å². The van der Waals surface area contributed by atoms with Crippen LogP contribution in [-0.4, -0.2) is 39.8 Å². The van der Waals surface area contributed by atoms with E-state index in [9.17, 15) is 4.79 Å². The van der Waals surface area contributed by atoms with Crippen LogP contribution < -0.4 is 10.2 Å². The smallest absolute Gasteiger partial charge is 0.274 e. The summed E-state index contributed by atoms with van der Waals surface area (Å²) in [6, 6.07) is 11.5. The largest absolute Gasteiger partial charge is 0.347 e. The van der Waals surface area contributed by atoms with E-state index in [0.29, 0.717) is 17.3 Å². The van der Waals surface area contributed by atoms with Crippen LogP contribution in [0.15, 0.2) is 48.8 Å².